The summed E-state index contributed by atoms with van der Waals surface area (Å²) in [6.45, 7) is 10.00. The molecule has 1 rings (SSSR count). The van der Waals surface area contributed by atoms with Gasteiger partial charge in [-0.1, -0.05) is 27.7 Å². The van der Waals surface area contributed by atoms with Crippen LogP contribution in [0.3, 0.4) is 0 Å². The molecule has 0 aliphatic carbocycles. The van der Waals surface area contributed by atoms with Gasteiger partial charge in [0.15, 0.2) is 0 Å². The van der Waals surface area contributed by atoms with Crippen LogP contribution in [-0.2, 0) is 4.79 Å². The molecule has 0 aliphatic heterocycles. The molecule has 1 heterocycles. The zero-order chi connectivity index (χ0) is 13.7. The van der Waals surface area contributed by atoms with Crippen molar-refractivity contribution in [1.29, 1.82) is 0 Å². The third-order valence-corrected chi connectivity index (χ3v) is 2.48. The van der Waals surface area contributed by atoms with E-state index >= 15 is 0 Å². The van der Waals surface area contributed by atoms with E-state index in [9.17, 15) is 4.79 Å². The monoisotopic (exact) mass is 253 g/mol. The molecule has 1 N–H and O–H groups in total. The first kappa shape index (κ1) is 14.7. The summed E-state index contributed by atoms with van der Waals surface area (Å²) < 4.78 is 5.42. The largest absolute Gasteiger partial charge is 0.423 e. The van der Waals surface area contributed by atoms with Crippen LogP contribution in [-0.4, -0.2) is 16.1 Å². The maximum Gasteiger partial charge on any atom is 0.238 e. The predicted octanol–water partition coefficient (Wildman–Crippen LogP) is 2.63. The third kappa shape index (κ3) is 4.85. The van der Waals surface area contributed by atoms with Crippen LogP contribution in [0.4, 0.5) is 0 Å². The van der Waals surface area contributed by atoms with Crippen LogP contribution in [0.5, 0.6) is 0 Å². The Hall–Kier alpha value is -1.39. The number of amides is 1. The van der Waals surface area contributed by atoms with Gasteiger partial charge in [0.25, 0.3) is 0 Å². The van der Waals surface area contributed by atoms with Crippen molar-refractivity contribution in [3.63, 3.8) is 0 Å². The summed E-state index contributed by atoms with van der Waals surface area (Å²) in [6.07, 6.45) is 1.31. The molecule has 18 heavy (non-hydrogen) atoms. The molecular weight excluding hydrogens is 230 g/mol. The minimum atomic E-state index is -0.183. The molecular formula is C13H23N3O2. The SMILES string of the molecule is Cc1nnc(C(CC(C)C)NC(=O)CC(C)C)o1. The fourth-order valence-corrected chi connectivity index (χ4v) is 1.77. The van der Waals surface area contributed by atoms with E-state index in [2.05, 4.69) is 29.4 Å². The van der Waals surface area contributed by atoms with E-state index in [1.807, 2.05) is 13.8 Å². The molecule has 1 aromatic heterocycles. The first-order chi connectivity index (χ1) is 8.38. The standard InChI is InChI=1S/C13H23N3O2/c1-8(2)6-11(13-16-15-10(5)18-13)14-12(17)7-9(3)4/h8-9,11H,6-7H2,1-5H3,(H,14,17). The molecule has 0 radical (unpaired) electrons. The van der Waals surface area contributed by atoms with Crippen molar-refractivity contribution in [2.75, 3.05) is 0 Å². The molecule has 1 aromatic rings. The second kappa shape index (κ2) is 6.52. The number of carbonyl (C=O) groups is 1. The summed E-state index contributed by atoms with van der Waals surface area (Å²) >= 11 is 0. The first-order valence-electron chi connectivity index (χ1n) is 6.47. The van der Waals surface area contributed by atoms with E-state index in [0.29, 0.717) is 30.0 Å². The number of carbonyl (C=O) groups excluding carboxylic acids is 1. The van der Waals surface area contributed by atoms with Gasteiger partial charge in [-0.25, -0.2) is 0 Å². The highest BCUT2D eigenvalue weighted by Crippen LogP contribution is 2.20. The van der Waals surface area contributed by atoms with Crippen molar-refractivity contribution in [3.8, 4) is 0 Å². The Bertz CT molecular complexity index is 385. The van der Waals surface area contributed by atoms with Gasteiger partial charge in [-0.3, -0.25) is 4.79 Å². The van der Waals surface area contributed by atoms with Gasteiger partial charge in [0.05, 0.1) is 0 Å². The number of rotatable bonds is 6. The number of nitrogens with one attached hydrogen (secondary N) is 1. The third-order valence-electron chi connectivity index (χ3n) is 2.48. The molecule has 5 nitrogen and oxygen atoms in total. The fraction of sp³-hybridized carbons (Fsp3) is 0.769. The van der Waals surface area contributed by atoms with Crippen molar-refractivity contribution in [1.82, 2.24) is 15.5 Å². The highest BCUT2D eigenvalue weighted by atomic mass is 16.4. The molecule has 1 unspecified atom stereocenters. The van der Waals surface area contributed by atoms with Crippen molar-refractivity contribution in [3.05, 3.63) is 11.8 Å². The van der Waals surface area contributed by atoms with Gasteiger partial charge in [-0.15, -0.1) is 10.2 Å². The second-order valence-electron chi connectivity index (χ2n) is 5.51. The fourth-order valence-electron chi connectivity index (χ4n) is 1.77. The Morgan fingerprint density at radius 1 is 1.22 bits per heavy atom. The Labute approximate surface area is 108 Å². The minimum Gasteiger partial charge on any atom is -0.423 e. The van der Waals surface area contributed by atoms with Crippen molar-refractivity contribution in [2.45, 2.75) is 53.5 Å². The van der Waals surface area contributed by atoms with Crippen LogP contribution in [0.2, 0.25) is 0 Å². The molecule has 0 saturated carbocycles. The van der Waals surface area contributed by atoms with Crippen LogP contribution in [0.15, 0.2) is 4.42 Å². The van der Waals surface area contributed by atoms with Gasteiger partial charge < -0.3 is 9.73 Å². The minimum absolute atomic E-state index is 0.0338. The maximum absolute atomic E-state index is 11.8. The number of nitrogens with zero attached hydrogens (tertiary/aromatic N) is 2. The van der Waals surface area contributed by atoms with Crippen LogP contribution < -0.4 is 5.32 Å². The van der Waals surface area contributed by atoms with E-state index in [1.54, 1.807) is 6.92 Å². The van der Waals surface area contributed by atoms with Crippen LogP contribution in [0.25, 0.3) is 0 Å². The van der Waals surface area contributed by atoms with E-state index < -0.39 is 0 Å². The summed E-state index contributed by atoms with van der Waals surface area (Å²) in [5, 5.41) is 10.8. The summed E-state index contributed by atoms with van der Waals surface area (Å²) in [5.74, 6) is 1.84. The first-order valence-corrected chi connectivity index (χ1v) is 6.47. The van der Waals surface area contributed by atoms with Crippen LogP contribution in [0, 0.1) is 18.8 Å². The number of hydrogen-bond donors (Lipinski definition) is 1. The lowest BCUT2D eigenvalue weighted by molar-refractivity contribution is -0.122. The number of aromatic nitrogens is 2. The Balaban J connectivity index is 2.70. The summed E-state index contributed by atoms with van der Waals surface area (Å²) in [4.78, 5) is 11.8. The zero-order valence-corrected chi connectivity index (χ0v) is 11.9. The van der Waals surface area contributed by atoms with Crippen molar-refractivity contribution >= 4 is 5.91 Å². The van der Waals surface area contributed by atoms with Gasteiger partial charge in [-0.05, 0) is 18.3 Å². The van der Waals surface area contributed by atoms with Crippen molar-refractivity contribution in [2.24, 2.45) is 11.8 Å². The van der Waals surface area contributed by atoms with Gasteiger partial charge in [0, 0.05) is 13.3 Å². The Kier molecular flexibility index (Phi) is 5.31. The quantitative estimate of drug-likeness (QED) is 0.846. The Morgan fingerprint density at radius 2 is 1.89 bits per heavy atom. The lowest BCUT2D eigenvalue weighted by atomic mass is 10.0. The molecule has 0 aliphatic rings. The van der Waals surface area contributed by atoms with Gasteiger partial charge in [0.1, 0.15) is 6.04 Å². The summed E-state index contributed by atoms with van der Waals surface area (Å²) in [5.41, 5.74) is 0. The molecule has 0 bridgehead atoms. The van der Waals surface area contributed by atoms with E-state index in [0.717, 1.165) is 6.42 Å². The summed E-state index contributed by atoms with van der Waals surface area (Å²) in [6, 6.07) is -0.183. The van der Waals surface area contributed by atoms with Crippen LogP contribution >= 0.6 is 0 Å². The van der Waals surface area contributed by atoms with Gasteiger partial charge >= 0.3 is 0 Å². The predicted molar refractivity (Wildman–Crippen MR) is 68.8 cm³/mol. The molecule has 102 valence electrons. The zero-order valence-electron chi connectivity index (χ0n) is 11.9. The number of aryl methyl sites for hydroxylation is 1. The van der Waals surface area contributed by atoms with Crippen molar-refractivity contribution < 1.29 is 9.21 Å². The smallest absolute Gasteiger partial charge is 0.238 e. The lowest BCUT2D eigenvalue weighted by Crippen LogP contribution is -2.30. The van der Waals surface area contributed by atoms with Gasteiger partial charge in [0.2, 0.25) is 17.7 Å². The Morgan fingerprint density at radius 3 is 2.33 bits per heavy atom. The molecule has 1 atom stereocenters. The highest BCUT2D eigenvalue weighted by molar-refractivity contribution is 5.76. The van der Waals surface area contributed by atoms with E-state index in [1.165, 1.54) is 0 Å². The van der Waals surface area contributed by atoms with Crippen LogP contribution in [0.1, 0.15) is 58.4 Å². The summed E-state index contributed by atoms with van der Waals surface area (Å²) in [7, 11) is 0. The van der Waals surface area contributed by atoms with E-state index in [-0.39, 0.29) is 11.9 Å². The molecule has 1 amide bonds. The average Bonchev–Trinajstić information content (AvgIpc) is 2.61. The molecule has 0 aromatic carbocycles. The molecule has 0 fully saturated rings. The lowest BCUT2D eigenvalue weighted by Gasteiger charge is -2.17. The average molecular weight is 253 g/mol. The second-order valence-corrected chi connectivity index (χ2v) is 5.51. The number of hydrogen-bond acceptors (Lipinski definition) is 4. The van der Waals surface area contributed by atoms with E-state index in [4.69, 9.17) is 4.42 Å². The normalized spacial score (nSPS) is 13.1. The maximum atomic E-state index is 11.8. The van der Waals surface area contributed by atoms with Gasteiger partial charge in [-0.2, -0.15) is 0 Å². The molecule has 0 saturated heterocycles. The topological polar surface area (TPSA) is 68.0 Å². The molecule has 5 heteroatoms. The molecule has 0 spiro atoms. The highest BCUT2D eigenvalue weighted by Gasteiger charge is 2.21.